The van der Waals surface area contributed by atoms with Crippen molar-refractivity contribution in [3.8, 4) is 0 Å². The minimum Gasteiger partial charge on any atom is -0.278 e. The fraction of sp³-hybridized carbons (Fsp3) is 0.935. The molecule has 0 aromatic rings. The highest BCUT2D eigenvalue weighted by Crippen LogP contribution is 2.47. The van der Waals surface area contributed by atoms with Crippen LogP contribution in [0.25, 0.3) is 0 Å². The molecule has 0 amide bonds. The normalized spacial score (nSPS) is 18.1. The molecular formula is C31H53F9N2O6S3. The third-order valence-corrected chi connectivity index (χ3v) is 15.9. The Balaban J connectivity index is 0.000000532. The molecule has 0 saturated carbocycles. The monoisotopic (exact) mass is 816 g/mol. The second-order valence-electron chi connectivity index (χ2n) is 13.0. The zero-order valence-corrected chi connectivity index (χ0v) is 31.5. The molecule has 0 radical (unpaired) electrons. The molecule has 1 atom stereocenters. The highest BCUT2D eigenvalue weighted by atomic mass is 32.3. The van der Waals surface area contributed by atoms with Crippen molar-refractivity contribution in [3.63, 3.8) is 0 Å². The van der Waals surface area contributed by atoms with Crippen molar-refractivity contribution in [1.29, 1.82) is 0 Å². The summed E-state index contributed by atoms with van der Waals surface area (Å²) in [4.78, 5) is 0. The Morgan fingerprint density at radius 2 is 0.922 bits per heavy atom. The van der Waals surface area contributed by atoms with Crippen LogP contribution in [-0.4, -0.2) is 71.8 Å². The number of rotatable bonds is 20. The van der Waals surface area contributed by atoms with E-state index in [4.69, 9.17) is 0 Å². The molecule has 1 unspecified atom stereocenters. The van der Waals surface area contributed by atoms with Crippen molar-refractivity contribution >= 4 is 35.3 Å². The minimum absolute atomic E-state index is 0.837. The van der Waals surface area contributed by atoms with E-state index in [1.54, 1.807) is 5.84 Å². The number of hydrogen-bond donors (Lipinski definition) is 1. The number of nitrogens with one attached hydrogen (secondary N) is 1. The number of alkyl halides is 9. The Hall–Kier alpha value is -1.31. The minimum atomic E-state index is -8.02. The summed E-state index contributed by atoms with van der Waals surface area (Å²) in [5.74, 6) is 2.46. The van der Waals surface area contributed by atoms with E-state index in [9.17, 15) is 64.8 Å². The summed E-state index contributed by atoms with van der Waals surface area (Å²) in [6.07, 6.45) is 30.5. The van der Waals surface area contributed by atoms with Gasteiger partial charge in [-0.1, -0.05) is 110 Å². The first-order chi connectivity index (χ1) is 23.5. The number of sulfone groups is 3. The second-order valence-corrected chi connectivity index (χ2v) is 19.4. The molecule has 0 aromatic carbocycles. The maximum atomic E-state index is 12.0. The van der Waals surface area contributed by atoms with Gasteiger partial charge in [0, 0.05) is 6.42 Å². The van der Waals surface area contributed by atoms with Gasteiger partial charge in [-0.25, -0.2) is 0 Å². The summed E-state index contributed by atoms with van der Waals surface area (Å²) in [6, 6.07) is 0. The van der Waals surface area contributed by atoms with Crippen molar-refractivity contribution in [2.75, 3.05) is 19.6 Å². The zero-order chi connectivity index (χ0) is 39.0. The SMILES string of the molecule is CCCCCCCCCCCCCCCCCCC1CCCC[N+]2=C1NCCC2.O=S(=O)([C-](S(=O)(=O)C(F)(F)F)S(=O)(=O)C(F)(F)F)C(F)(F)F. The molecule has 2 aliphatic heterocycles. The van der Waals surface area contributed by atoms with E-state index in [2.05, 4.69) is 16.8 Å². The Bertz CT molecular complexity index is 1280. The summed E-state index contributed by atoms with van der Waals surface area (Å²) in [7, 11) is -24.1. The third kappa shape index (κ3) is 15.2. The molecule has 0 aromatic heterocycles. The average molecular weight is 817 g/mol. The van der Waals surface area contributed by atoms with Gasteiger partial charge in [0.05, 0.1) is 29.5 Å². The molecule has 2 aliphatic rings. The van der Waals surface area contributed by atoms with Crippen LogP contribution < -0.4 is 5.32 Å². The Kier molecular flexibility index (Phi) is 20.2. The number of hydrogen-bond acceptors (Lipinski definition) is 7. The fourth-order valence-corrected chi connectivity index (χ4v) is 11.9. The number of halogens is 9. The van der Waals surface area contributed by atoms with Crippen molar-refractivity contribution < 1.29 is 69.3 Å². The molecule has 0 fully saturated rings. The molecule has 8 nitrogen and oxygen atoms in total. The van der Waals surface area contributed by atoms with E-state index in [-0.39, 0.29) is 0 Å². The third-order valence-electron chi connectivity index (χ3n) is 8.85. The lowest BCUT2D eigenvalue weighted by molar-refractivity contribution is -0.535. The average Bonchev–Trinajstić information content (AvgIpc) is 3.21. The van der Waals surface area contributed by atoms with E-state index < -0.39 is 50.0 Å². The Morgan fingerprint density at radius 1 is 0.569 bits per heavy atom. The van der Waals surface area contributed by atoms with E-state index in [1.165, 1.54) is 154 Å². The quantitative estimate of drug-likeness (QED) is 0.0564. The standard InChI is InChI=1S/C27H52N2.C4F9O6S3/c1-2-3-4-5-6-7-8-9-10-11-12-13-14-15-16-17-21-26-22-18-19-24-29-25-20-23-28-27(26)29;5-2(6,7)20(14,15)1(21(16,17)3(8,9)10)22(18,19)4(11,12)13/h26H,2-25H2,1H3;/q;-1/p+1. The van der Waals surface area contributed by atoms with Crippen LogP contribution in [0.1, 0.15) is 142 Å². The molecule has 1 N–H and O–H groups in total. The van der Waals surface area contributed by atoms with Gasteiger partial charge in [0.2, 0.25) is 5.84 Å². The highest BCUT2D eigenvalue weighted by molar-refractivity contribution is 8.29. The summed E-state index contributed by atoms with van der Waals surface area (Å²) in [5.41, 5.74) is -21.2. The Morgan fingerprint density at radius 3 is 1.29 bits per heavy atom. The maximum absolute atomic E-state index is 12.0. The van der Waals surface area contributed by atoms with Crippen molar-refractivity contribution in [3.05, 3.63) is 3.91 Å². The molecule has 2 heterocycles. The first-order valence-corrected chi connectivity index (χ1v) is 22.1. The van der Waals surface area contributed by atoms with Gasteiger partial charge in [0.15, 0.2) is 29.5 Å². The van der Waals surface area contributed by atoms with Crippen LogP contribution in [0.4, 0.5) is 39.5 Å². The van der Waals surface area contributed by atoms with Gasteiger partial charge in [0.25, 0.3) is 0 Å². The molecule has 0 aliphatic carbocycles. The molecule has 2 rings (SSSR count). The first kappa shape index (κ1) is 47.7. The predicted molar refractivity (Wildman–Crippen MR) is 177 cm³/mol. The molecule has 0 saturated heterocycles. The van der Waals surface area contributed by atoms with Gasteiger partial charge in [0.1, 0.15) is 0 Å². The second kappa shape index (κ2) is 21.5. The van der Waals surface area contributed by atoms with E-state index in [1.807, 2.05) is 0 Å². The van der Waals surface area contributed by atoms with Gasteiger partial charge in [-0.2, -0.15) is 39.5 Å². The summed E-state index contributed by atoms with van der Waals surface area (Å²) in [5, 5.41) is 3.76. The number of amidine groups is 1. The zero-order valence-electron chi connectivity index (χ0n) is 29.1. The van der Waals surface area contributed by atoms with E-state index >= 15 is 0 Å². The summed E-state index contributed by atoms with van der Waals surface area (Å²) >= 11 is 0. The van der Waals surface area contributed by atoms with Crippen molar-refractivity contribution in [2.24, 2.45) is 5.92 Å². The lowest BCUT2D eigenvalue weighted by Crippen LogP contribution is -2.47. The highest BCUT2D eigenvalue weighted by Gasteiger charge is 2.63. The lowest BCUT2D eigenvalue weighted by Gasteiger charge is -2.31. The largest absolute Gasteiger partial charge is 0.470 e. The van der Waals surface area contributed by atoms with Crippen LogP contribution in [0.2, 0.25) is 0 Å². The van der Waals surface area contributed by atoms with Crippen LogP contribution in [0, 0.1) is 9.83 Å². The predicted octanol–water partition coefficient (Wildman–Crippen LogP) is 9.08. The lowest BCUT2D eigenvalue weighted by atomic mass is 9.94. The maximum Gasteiger partial charge on any atom is 0.470 e. The smallest absolute Gasteiger partial charge is 0.278 e. The molecule has 51 heavy (non-hydrogen) atoms. The van der Waals surface area contributed by atoms with Gasteiger partial charge in [-0.15, -0.1) is 0 Å². The molecule has 0 spiro atoms. The van der Waals surface area contributed by atoms with Crippen LogP contribution in [0.15, 0.2) is 0 Å². The van der Waals surface area contributed by atoms with E-state index in [0.29, 0.717) is 0 Å². The van der Waals surface area contributed by atoms with Crippen LogP contribution in [0.3, 0.4) is 0 Å². The molecule has 0 bridgehead atoms. The van der Waals surface area contributed by atoms with Crippen LogP contribution in [0.5, 0.6) is 0 Å². The first-order valence-electron chi connectivity index (χ1n) is 17.7. The van der Waals surface area contributed by atoms with Gasteiger partial charge in [-0.3, -0.25) is 35.1 Å². The van der Waals surface area contributed by atoms with E-state index in [0.717, 1.165) is 5.92 Å². The van der Waals surface area contributed by atoms with Gasteiger partial charge in [-0.05, 0) is 25.7 Å². The Labute approximate surface area is 297 Å². The number of unbranched alkanes of at least 4 members (excludes halogenated alkanes) is 15. The summed E-state index contributed by atoms with van der Waals surface area (Å²) in [6.45, 7) is 6.12. The van der Waals surface area contributed by atoms with Crippen LogP contribution in [-0.2, 0) is 29.5 Å². The van der Waals surface area contributed by atoms with Crippen molar-refractivity contribution in [1.82, 2.24) is 5.32 Å². The molecule has 20 heteroatoms. The fourth-order valence-electron chi connectivity index (χ4n) is 6.12. The molecular weight excluding hydrogens is 764 g/mol. The molecule has 304 valence electrons. The number of nitrogens with zero attached hydrogens (tertiary/aromatic N) is 1. The van der Waals surface area contributed by atoms with Crippen molar-refractivity contribution in [2.45, 2.75) is 158 Å². The topological polar surface area (TPSA) is 117 Å². The summed E-state index contributed by atoms with van der Waals surface area (Å²) < 4.78 is 170. The van der Waals surface area contributed by atoms with Gasteiger partial charge >= 0.3 is 16.5 Å². The van der Waals surface area contributed by atoms with Gasteiger partial charge < -0.3 is 0 Å². The van der Waals surface area contributed by atoms with Crippen LogP contribution >= 0.6 is 0 Å².